The fourth-order valence-corrected chi connectivity index (χ4v) is 3.84. The molecule has 0 fully saturated rings. The van der Waals surface area contributed by atoms with Gasteiger partial charge in [-0.05, 0) is 42.5 Å². The average Bonchev–Trinajstić information content (AvgIpc) is 2.73. The molecule has 0 aliphatic carbocycles. The Bertz CT molecular complexity index is 730. The number of nitrogens with zero attached hydrogens (tertiary/aromatic N) is 1. The Morgan fingerprint density at radius 3 is 2.50 bits per heavy atom. The lowest BCUT2D eigenvalue weighted by atomic mass is 10.0. The number of carbonyl (C=O) groups is 2. The second kappa shape index (κ2) is 7.76. The summed E-state index contributed by atoms with van der Waals surface area (Å²) in [5.74, 6) is -0.926. The van der Waals surface area contributed by atoms with Crippen molar-refractivity contribution in [1.82, 2.24) is 9.62 Å². The molecule has 1 aromatic rings. The van der Waals surface area contributed by atoms with E-state index in [2.05, 4.69) is 4.72 Å². The van der Waals surface area contributed by atoms with Crippen LogP contribution in [0, 0.1) is 0 Å². The molecule has 1 heterocycles. The van der Waals surface area contributed by atoms with E-state index < -0.39 is 16.0 Å². The van der Waals surface area contributed by atoms with Gasteiger partial charge in [0.25, 0.3) is 0 Å². The molecule has 1 aliphatic rings. The molecule has 132 valence electrons. The highest BCUT2D eigenvalue weighted by atomic mass is 32.2. The predicted molar refractivity (Wildman–Crippen MR) is 88.2 cm³/mol. The third kappa shape index (κ3) is 4.78. The number of hydrogen-bond donors (Lipinski definition) is 2. The van der Waals surface area contributed by atoms with Gasteiger partial charge in [-0.25, -0.2) is 13.1 Å². The van der Waals surface area contributed by atoms with Gasteiger partial charge in [0.05, 0.1) is 4.90 Å². The van der Waals surface area contributed by atoms with E-state index in [9.17, 15) is 18.0 Å². The summed E-state index contributed by atoms with van der Waals surface area (Å²) < 4.78 is 27.0. The second-order valence-corrected chi connectivity index (χ2v) is 7.60. The average molecular weight is 354 g/mol. The number of carboxylic acids is 1. The van der Waals surface area contributed by atoms with Crippen LogP contribution in [-0.2, 0) is 32.5 Å². The van der Waals surface area contributed by atoms with Crippen LogP contribution in [-0.4, -0.2) is 49.9 Å². The van der Waals surface area contributed by atoms with E-state index in [1.165, 1.54) is 6.92 Å². The monoisotopic (exact) mass is 354 g/mol. The fraction of sp³-hybridized carbons (Fsp3) is 0.500. The molecule has 0 saturated carbocycles. The predicted octanol–water partition coefficient (Wildman–Crippen LogP) is 0.777. The molecule has 0 unspecified atom stereocenters. The molecular formula is C16H22N2O5S. The normalized spacial score (nSPS) is 14.8. The third-order valence-corrected chi connectivity index (χ3v) is 5.55. The molecule has 1 aromatic carbocycles. The highest BCUT2D eigenvalue weighted by Crippen LogP contribution is 2.20. The topological polar surface area (TPSA) is 104 Å². The fourth-order valence-electron chi connectivity index (χ4n) is 2.71. The van der Waals surface area contributed by atoms with Crippen molar-refractivity contribution < 1.29 is 23.1 Å². The van der Waals surface area contributed by atoms with Gasteiger partial charge in [-0.1, -0.05) is 6.07 Å². The molecule has 0 bridgehead atoms. The van der Waals surface area contributed by atoms with E-state index in [1.54, 1.807) is 23.1 Å². The Hall–Kier alpha value is -1.93. The summed E-state index contributed by atoms with van der Waals surface area (Å²) in [5, 5.41) is 8.57. The Morgan fingerprint density at radius 1 is 1.21 bits per heavy atom. The molecular weight excluding hydrogens is 332 g/mol. The van der Waals surface area contributed by atoms with Crippen LogP contribution >= 0.6 is 0 Å². The van der Waals surface area contributed by atoms with Crippen LogP contribution in [0.3, 0.4) is 0 Å². The summed E-state index contributed by atoms with van der Waals surface area (Å²) in [7, 11) is -3.66. The summed E-state index contributed by atoms with van der Waals surface area (Å²) in [4.78, 5) is 23.9. The minimum Gasteiger partial charge on any atom is -0.481 e. The first kappa shape index (κ1) is 18.4. The summed E-state index contributed by atoms with van der Waals surface area (Å²) >= 11 is 0. The number of amides is 1. The number of nitrogens with one attached hydrogen (secondary N) is 1. The van der Waals surface area contributed by atoms with Crippen molar-refractivity contribution in [3.05, 3.63) is 29.3 Å². The van der Waals surface area contributed by atoms with Gasteiger partial charge in [-0.2, -0.15) is 0 Å². The van der Waals surface area contributed by atoms with E-state index >= 15 is 0 Å². The van der Waals surface area contributed by atoms with E-state index in [0.717, 1.165) is 11.1 Å². The quantitative estimate of drug-likeness (QED) is 0.735. The van der Waals surface area contributed by atoms with Crippen LogP contribution in [0.25, 0.3) is 0 Å². The van der Waals surface area contributed by atoms with Crippen molar-refractivity contribution >= 4 is 21.9 Å². The zero-order valence-corrected chi connectivity index (χ0v) is 14.4. The zero-order valence-electron chi connectivity index (χ0n) is 13.6. The highest BCUT2D eigenvalue weighted by molar-refractivity contribution is 7.89. The Morgan fingerprint density at radius 2 is 1.88 bits per heavy atom. The van der Waals surface area contributed by atoms with Crippen LogP contribution in [0.15, 0.2) is 23.1 Å². The van der Waals surface area contributed by atoms with Gasteiger partial charge in [0.1, 0.15) is 0 Å². The van der Waals surface area contributed by atoms with Crippen molar-refractivity contribution in [1.29, 1.82) is 0 Å². The highest BCUT2D eigenvalue weighted by Gasteiger charge is 2.19. The lowest BCUT2D eigenvalue weighted by molar-refractivity contribution is -0.137. The number of fused-ring (bicyclic) bond motifs is 1. The SMILES string of the molecule is CC(=O)N1CCc2ccc(S(=O)(=O)NCCCC(=O)O)cc2CC1. The molecule has 0 saturated heterocycles. The molecule has 0 aromatic heterocycles. The molecule has 2 rings (SSSR count). The first-order chi connectivity index (χ1) is 11.3. The molecule has 0 radical (unpaired) electrons. The molecule has 2 N–H and O–H groups in total. The molecule has 7 nitrogen and oxygen atoms in total. The minimum atomic E-state index is -3.66. The molecule has 24 heavy (non-hydrogen) atoms. The Kier molecular flexibility index (Phi) is 5.95. The molecule has 8 heteroatoms. The number of hydrogen-bond acceptors (Lipinski definition) is 4. The smallest absolute Gasteiger partial charge is 0.303 e. The zero-order chi connectivity index (χ0) is 17.7. The van der Waals surface area contributed by atoms with E-state index in [4.69, 9.17) is 5.11 Å². The van der Waals surface area contributed by atoms with Crippen molar-refractivity contribution in [2.45, 2.75) is 37.5 Å². The summed E-state index contributed by atoms with van der Waals surface area (Å²) in [5.41, 5.74) is 2.00. The first-order valence-electron chi connectivity index (χ1n) is 7.88. The molecule has 1 amide bonds. The summed E-state index contributed by atoms with van der Waals surface area (Å²) in [6.45, 7) is 2.84. The Labute approximate surface area is 141 Å². The van der Waals surface area contributed by atoms with Crippen molar-refractivity contribution in [3.63, 3.8) is 0 Å². The van der Waals surface area contributed by atoms with E-state index in [0.29, 0.717) is 25.9 Å². The van der Waals surface area contributed by atoms with Gasteiger partial charge in [0.2, 0.25) is 15.9 Å². The molecule has 0 spiro atoms. The van der Waals surface area contributed by atoms with E-state index in [1.807, 2.05) is 0 Å². The van der Waals surface area contributed by atoms with E-state index in [-0.39, 0.29) is 30.2 Å². The van der Waals surface area contributed by atoms with Gasteiger partial charge < -0.3 is 10.0 Å². The largest absolute Gasteiger partial charge is 0.481 e. The standard InChI is InChI=1S/C16H22N2O5S/c1-12(19)18-9-6-13-4-5-15(11-14(13)7-10-18)24(22,23)17-8-2-3-16(20)21/h4-5,11,17H,2-3,6-10H2,1H3,(H,20,21). The van der Waals surface area contributed by atoms with Gasteiger partial charge in [0, 0.05) is 33.0 Å². The lowest BCUT2D eigenvalue weighted by Gasteiger charge is -2.17. The number of carbonyl (C=O) groups excluding carboxylic acids is 1. The van der Waals surface area contributed by atoms with Crippen molar-refractivity contribution in [2.24, 2.45) is 0 Å². The maximum Gasteiger partial charge on any atom is 0.303 e. The van der Waals surface area contributed by atoms with Crippen LogP contribution in [0.2, 0.25) is 0 Å². The van der Waals surface area contributed by atoms with Crippen molar-refractivity contribution in [3.8, 4) is 0 Å². The number of rotatable bonds is 6. The lowest BCUT2D eigenvalue weighted by Crippen LogP contribution is -2.30. The molecule has 1 aliphatic heterocycles. The van der Waals surface area contributed by atoms with Gasteiger partial charge in [-0.15, -0.1) is 0 Å². The van der Waals surface area contributed by atoms with Gasteiger partial charge in [-0.3, -0.25) is 9.59 Å². The summed E-state index contributed by atoms with van der Waals surface area (Å²) in [6.07, 6.45) is 1.50. The minimum absolute atomic E-state index is 0.0238. The second-order valence-electron chi connectivity index (χ2n) is 5.83. The van der Waals surface area contributed by atoms with Crippen LogP contribution in [0.4, 0.5) is 0 Å². The van der Waals surface area contributed by atoms with Gasteiger partial charge in [0.15, 0.2) is 0 Å². The van der Waals surface area contributed by atoms with Crippen LogP contribution < -0.4 is 4.72 Å². The van der Waals surface area contributed by atoms with Crippen molar-refractivity contribution in [2.75, 3.05) is 19.6 Å². The number of benzene rings is 1. The maximum absolute atomic E-state index is 12.3. The molecule has 0 atom stereocenters. The maximum atomic E-state index is 12.3. The number of carboxylic acid groups (broad SMARTS) is 1. The van der Waals surface area contributed by atoms with Crippen LogP contribution in [0.5, 0.6) is 0 Å². The summed E-state index contributed by atoms with van der Waals surface area (Å²) in [6, 6.07) is 5.01. The van der Waals surface area contributed by atoms with Gasteiger partial charge >= 0.3 is 5.97 Å². The van der Waals surface area contributed by atoms with Crippen LogP contribution in [0.1, 0.15) is 30.9 Å². The Balaban J connectivity index is 2.08. The first-order valence-corrected chi connectivity index (χ1v) is 9.36. The third-order valence-electron chi connectivity index (χ3n) is 4.09. The number of aliphatic carboxylic acids is 1. The number of sulfonamides is 1.